The number of carbonyl (C=O) groups excluding carboxylic acids is 3. The van der Waals surface area contributed by atoms with Crippen LogP contribution in [0.25, 0.3) is 10.2 Å². The molecule has 1 fully saturated rings. The summed E-state index contributed by atoms with van der Waals surface area (Å²) in [7, 11) is 1.21. The first-order valence-corrected chi connectivity index (χ1v) is 9.67. The lowest BCUT2D eigenvalue weighted by Gasteiger charge is -2.12. The molecule has 0 aliphatic heterocycles. The quantitative estimate of drug-likeness (QED) is 0.657. The van der Waals surface area contributed by atoms with Gasteiger partial charge in [0.25, 0.3) is 11.5 Å². The summed E-state index contributed by atoms with van der Waals surface area (Å²) < 4.78 is 9.77. The van der Waals surface area contributed by atoms with Gasteiger partial charge in [0, 0.05) is 11.6 Å². The predicted molar refractivity (Wildman–Crippen MR) is 101 cm³/mol. The fraction of sp³-hybridized carbons (Fsp3) is 0.500. The molecule has 0 saturated heterocycles. The molecule has 0 radical (unpaired) electrons. The molecule has 0 bridgehead atoms. The summed E-state index contributed by atoms with van der Waals surface area (Å²) >= 11 is 0.977. The number of rotatable bonds is 7. The zero-order valence-electron chi connectivity index (χ0n) is 15.8. The molecule has 9 nitrogen and oxygen atoms in total. The maximum absolute atomic E-state index is 12.3. The van der Waals surface area contributed by atoms with Crippen LogP contribution in [0, 0.1) is 12.8 Å². The lowest BCUT2D eigenvalue weighted by molar-refractivity contribution is -0.148. The second kappa shape index (κ2) is 8.09. The Hall–Kier alpha value is -2.75. The zero-order chi connectivity index (χ0) is 20.4. The number of hydrogen-bond donors (Lipinski definition) is 2. The molecule has 150 valence electrons. The molecule has 1 atom stereocenters. The second-order valence-electron chi connectivity index (χ2n) is 6.76. The fourth-order valence-corrected chi connectivity index (χ4v) is 4.11. The maximum atomic E-state index is 12.3. The van der Waals surface area contributed by atoms with Crippen LogP contribution in [-0.4, -0.2) is 47.6 Å². The molecule has 3 rings (SSSR count). The molecule has 1 aliphatic carbocycles. The number of carbonyl (C=O) groups is 3. The van der Waals surface area contributed by atoms with Crippen LogP contribution in [0.2, 0.25) is 0 Å². The molecule has 1 aliphatic rings. The van der Waals surface area contributed by atoms with Crippen molar-refractivity contribution in [3.63, 3.8) is 0 Å². The number of hydrogen-bond acceptors (Lipinski definition) is 8. The smallest absolute Gasteiger partial charge is 0.348 e. The number of aryl methyl sites for hydroxylation is 1. The third-order valence-electron chi connectivity index (χ3n) is 4.55. The first-order valence-electron chi connectivity index (χ1n) is 8.85. The number of ether oxygens (including phenoxy) is 2. The van der Waals surface area contributed by atoms with E-state index in [1.165, 1.54) is 7.11 Å². The number of fused-ring (bicyclic) bond motifs is 1. The topological polar surface area (TPSA) is 127 Å². The second-order valence-corrected chi connectivity index (χ2v) is 7.76. The van der Waals surface area contributed by atoms with E-state index in [1.807, 2.05) is 6.92 Å². The fourth-order valence-electron chi connectivity index (χ4n) is 2.95. The van der Waals surface area contributed by atoms with Crippen molar-refractivity contribution >= 4 is 39.4 Å². The van der Waals surface area contributed by atoms with Crippen molar-refractivity contribution in [3.05, 3.63) is 26.6 Å². The molecule has 0 unspecified atom stereocenters. The molecular weight excluding hydrogens is 386 g/mol. The van der Waals surface area contributed by atoms with E-state index < -0.39 is 24.1 Å². The largest absolute Gasteiger partial charge is 0.465 e. The summed E-state index contributed by atoms with van der Waals surface area (Å²) in [5, 5.41) is 2.94. The summed E-state index contributed by atoms with van der Waals surface area (Å²) in [5.74, 6) is -0.892. The summed E-state index contributed by atoms with van der Waals surface area (Å²) in [5.41, 5.74) is -0.259. The van der Waals surface area contributed by atoms with Gasteiger partial charge < -0.3 is 19.8 Å². The Bertz CT molecular complexity index is 991. The van der Waals surface area contributed by atoms with Gasteiger partial charge in [-0.15, -0.1) is 11.3 Å². The van der Waals surface area contributed by atoms with Crippen molar-refractivity contribution in [2.75, 3.05) is 13.7 Å². The van der Waals surface area contributed by atoms with Crippen molar-refractivity contribution in [2.45, 2.75) is 39.2 Å². The van der Waals surface area contributed by atoms with Crippen LogP contribution in [-0.2, 0) is 25.5 Å². The van der Waals surface area contributed by atoms with Crippen LogP contribution in [0.4, 0.5) is 0 Å². The Morgan fingerprint density at radius 3 is 2.71 bits per heavy atom. The van der Waals surface area contributed by atoms with Gasteiger partial charge in [-0.1, -0.05) is 0 Å². The highest BCUT2D eigenvalue weighted by molar-refractivity contribution is 7.20. The van der Waals surface area contributed by atoms with Crippen LogP contribution in [0.15, 0.2) is 4.79 Å². The van der Waals surface area contributed by atoms with Crippen LogP contribution < -0.4 is 10.9 Å². The molecule has 2 aromatic rings. The first kappa shape index (κ1) is 20.0. The van der Waals surface area contributed by atoms with Crippen molar-refractivity contribution in [3.8, 4) is 0 Å². The minimum absolute atomic E-state index is 0.0471. The molecule has 1 amide bonds. The molecular formula is C18H21N3O6S. The minimum atomic E-state index is -0.723. The number of aromatic nitrogens is 2. The number of amides is 1. The summed E-state index contributed by atoms with van der Waals surface area (Å²) in [6.07, 6.45) is 1.83. The molecule has 0 spiro atoms. The lowest BCUT2D eigenvalue weighted by Crippen LogP contribution is -2.37. The normalized spacial score (nSPS) is 14.5. The van der Waals surface area contributed by atoms with E-state index in [0.717, 1.165) is 24.2 Å². The third kappa shape index (κ3) is 4.38. The molecule has 2 heterocycles. The Labute approximate surface area is 164 Å². The number of aromatic amines is 1. The highest BCUT2D eigenvalue weighted by atomic mass is 32.1. The van der Waals surface area contributed by atoms with Gasteiger partial charge in [-0.05, 0) is 32.6 Å². The molecule has 2 aromatic heterocycles. The minimum Gasteiger partial charge on any atom is -0.465 e. The van der Waals surface area contributed by atoms with Crippen molar-refractivity contribution in [1.29, 1.82) is 0 Å². The summed E-state index contributed by atoms with van der Waals surface area (Å²) in [6.45, 7) is 3.12. The van der Waals surface area contributed by atoms with E-state index in [-0.39, 0.29) is 34.2 Å². The van der Waals surface area contributed by atoms with Crippen LogP contribution in [0.1, 0.15) is 40.8 Å². The molecule has 1 saturated carbocycles. The van der Waals surface area contributed by atoms with Crippen LogP contribution >= 0.6 is 11.3 Å². The predicted octanol–water partition coefficient (Wildman–Crippen LogP) is 1.08. The third-order valence-corrected chi connectivity index (χ3v) is 5.66. The van der Waals surface area contributed by atoms with Gasteiger partial charge in [0.2, 0.25) is 0 Å². The van der Waals surface area contributed by atoms with Crippen LogP contribution in [0.3, 0.4) is 0 Å². The van der Waals surface area contributed by atoms with Gasteiger partial charge in [-0.25, -0.2) is 9.78 Å². The Balaban J connectivity index is 1.74. The summed E-state index contributed by atoms with van der Waals surface area (Å²) in [6, 6.07) is 0.0471. The molecule has 0 aromatic carbocycles. The lowest BCUT2D eigenvalue weighted by atomic mass is 10.1. The number of thiophene rings is 1. The number of H-pyrrole nitrogens is 1. The van der Waals surface area contributed by atoms with E-state index in [2.05, 4.69) is 15.3 Å². The van der Waals surface area contributed by atoms with Crippen LogP contribution in [0.5, 0.6) is 0 Å². The van der Waals surface area contributed by atoms with Gasteiger partial charge >= 0.3 is 11.9 Å². The monoisotopic (exact) mass is 407 g/mol. The first-order chi connectivity index (χ1) is 13.3. The van der Waals surface area contributed by atoms with Gasteiger partial charge in [-0.2, -0.15) is 0 Å². The molecule has 10 heteroatoms. The molecule has 28 heavy (non-hydrogen) atoms. The summed E-state index contributed by atoms with van der Waals surface area (Å²) in [4.78, 5) is 55.8. The average Bonchev–Trinajstić information content (AvgIpc) is 3.42. The number of esters is 2. The van der Waals surface area contributed by atoms with Gasteiger partial charge in [-0.3, -0.25) is 14.4 Å². The zero-order valence-corrected chi connectivity index (χ0v) is 16.6. The van der Waals surface area contributed by atoms with Gasteiger partial charge in [0.05, 0.1) is 18.9 Å². The van der Waals surface area contributed by atoms with E-state index in [0.29, 0.717) is 16.6 Å². The van der Waals surface area contributed by atoms with Crippen molar-refractivity contribution in [1.82, 2.24) is 15.3 Å². The van der Waals surface area contributed by atoms with E-state index in [1.54, 1.807) is 6.92 Å². The Morgan fingerprint density at radius 2 is 2.07 bits per heavy atom. The number of nitrogens with one attached hydrogen (secondary N) is 2. The van der Waals surface area contributed by atoms with Gasteiger partial charge in [0.1, 0.15) is 15.5 Å². The highest BCUT2D eigenvalue weighted by Gasteiger charge is 2.29. The van der Waals surface area contributed by atoms with Crippen molar-refractivity contribution < 1.29 is 23.9 Å². The average molecular weight is 407 g/mol. The van der Waals surface area contributed by atoms with E-state index in [4.69, 9.17) is 9.47 Å². The van der Waals surface area contributed by atoms with Gasteiger partial charge in [0.15, 0.2) is 6.61 Å². The Morgan fingerprint density at radius 1 is 1.36 bits per heavy atom. The number of methoxy groups -OCH3 is 1. The highest BCUT2D eigenvalue weighted by Crippen LogP contribution is 2.32. The maximum Gasteiger partial charge on any atom is 0.348 e. The number of nitrogens with zero attached hydrogens (tertiary/aromatic N) is 1. The standard InChI is InChI=1S/C18H21N3O6S/c1-8(10-4-5-10)19-12(22)7-27-13(23)6-11-14-16(24)20-9(2)21-17(14)28-15(11)18(25)26-3/h8,10H,4-7H2,1-3H3,(H,19,22)(H,20,21,24)/t8-/m0/s1. The van der Waals surface area contributed by atoms with E-state index in [9.17, 15) is 19.2 Å². The van der Waals surface area contributed by atoms with E-state index >= 15 is 0 Å². The molecule has 2 N–H and O–H groups in total. The SMILES string of the molecule is COC(=O)c1sc2nc(C)[nH]c(=O)c2c1CC(=O)OCC(=O)N[C@@H](C)C1CC1. The Kier molecular flexibility index (Phi) is 5.78. The van der Waals surface area contributed by atoms with Crippen molar-refractivity contribution in [2.24, 2.45) is 5.92 Å².